The van der Waals surface area contributed by atoms with Crippen LogP contribution in [-0.4, -0.2) is 106 Å². The molecule has 1 aromatic carbocycles. The molecule has 15 nitrogen and oxygen atoms in total. The molecule has 378 valence electrons. The molecule has 5 aliphatic rings. The number of halogens is 3. The first-order valence-corrected chi connectivity index (χ1v) is 25.8. The fourth-order valence-electron chi connectivity index (χ4n) is 10.1. The number of pyridine rings is 1. The highest BCUT2D eigenvalue weighted by molar-refractivity contribution is 7.91. The van der Waals surface area contributed by atoms with Crippen molar-refractivity contribution < 1.29 is 59.7 Å². The van der Waals surface area contributed by atoms with Gasteiger partial charge in [0.1, 0.15) is 23.3 Å². The highest BCUT2D eigenvalue weighted by Gasteiger charge is 2.63. The molecule has 3 aromatic rings. The van der Waals surface area contributed by atoms with Crippen molar-refractivity contribution in [3.05, 3.63) is 67.0 Å². The highest BCUT2D eigenvalue weighted by atomic mass is 32.2. The molecule has 2 saturated carbocycles. The largest absolute Gasteiger partial charge is 0.491 e. The molecule has 2 aliphatic carbocycles. The Labute approximate surface area is 406 Å². The molecular formula is C51H62F3N5O10S. The molecule has 3 aliphatic heterocycles. The summed E-state index contributed by atoms with van der Waals surface area (Å²) in [6, 6.07) is 11.1. The summed E-state index contributed by atoms with van der Waals surface area (Å²) in [6.07, 6.45) is 2.04. The maximum Gasteiger partial charge on any atom is 0.430 e. The lowest BCUT2D eigenvalue weighted by Gasteiger charge is -2.38. The third-order valence-electron chi connectivity index (χ3n) is 14.6. The number of esters is 1. The maximum atomic E-state index is 15.3. The second kappa shape index (κ2) is 20.0. The minimum Gasteiger partial charge on any atom is -0.491 e. The number of nitrogens with zero attached hydrogens (tertiary/aromatic N) is 4. The standard InChI is InChI=1S/C51H62F3N5O10S/c1-31(2)67-36-14-12-34(13-15-36)40-23-37(24-41(57-40)45-55-19-9-20-56-45)68-38-25-42-43(60)28-49(47(63)58-70(64,65)48(5)17-18-48)27-35(49)11-7-6-10-32(3)22-33(4)39(46(62)59(42)29-38)26-44(61)69-50(51(52,53)54)16-8-21-66-30-50/h7,9,11-15,19-20,23-24,31-33,35,38-39,42H,6,8,10,16-18,21-22,25-30H2,1-5H3,(H,58,63)/b11-7-/t32-,33-,35-,38-,39+,42+,49-,50?/m1/s1. The van der Waals surface area contributed by atoms with Gasteiger partial charge in [0.2, 0.25) is 27.4 Å². The molecule has 5 heterocycles. The van der Waals surface area contributed by atoms with Crippen LogP contribution in [0.4, 0.5) is 13.2 Å². The summed E-state index contributed by atoms with van der Waals surface area (Å²) in [7, 11) is -4.07. The van der Waals surface area contributed by atoms with E-state index in [0.29, 0.717) is 66.4 Å². The van der Waals surface area contributed by atoms with Gasteiger partial charge in [-0.2, -0.15) is 13.2 Å². The number of alkyl halides is 3. The van der Waals surface area contributed by atoms with Crippen molar-refractivity contribution in [1.82, 2.24) is 24.6 Å². The van der Waals surface area contributed by atoms with E-state index in [4.69, 9.17) is 23.9 Å². The van der Waals surface area contributed by atoms with Crippen molar-refractivity contribution in [2.24, 2.45) is 29.1 Å². The van der Waals surface area contributed by atoms with E-state index >= 15 is 4.79 Å². The second-order valence-electron chi connectivity index (χ2n) is 20.6. The summed E-state index contributed by atoms with van der Waals surface area (Å²) in [4.78, 5) is 73.2. The SMILES string of the molecule is CC(C)Oc1ccc(-c2cc(O[C@@H]3C[C@H]4C(=O)C[C@]5(C(=O)NS(=O)(=O)C6(C)CC6)C[C@H]5/C=C\CC[C@@H](C)C[C@@H](C)[C@H](CC(=O)OC5(C(F)(F)F)CCCOC5)C(=O)N4C3)cc(-c3ncccn3)n2)cc1. The van der Waals surface area contributed by atoms with E-state index in [2.05, 4.69) is 14.7 Å². The molecule has 0 spiro atoms. The number of hydrogen-bond donors (Lipinski definition) is 1. The maximum absolute atomic E-state index is 15.3. The molecular weight excluding hydrogens is 932 g/mol. The molecule has 8 atom stereocenters. The molecule has 8 rings (SSSR count). The molecule has 1 N–H and O–H groups in total. The minimum atomic E-state index is -4.94. The average Bonchev–Trinajstić information content (AvgIpc) is 4.19. The van der Waals surface area contributed by atoms with Crippen molar-refractivity contribution in [2.45, 2.75) is 140 Å². The van der Waals surface area contributed by atoms with Crippen LogP contribution in [0.5, 0.6) is 11.5 Å². The van der Waals surface area contributed by atoms with Crippen LogP contribution in [0, 0.1) is 29.1 Å². The number of ether oxygens (including phenoxy) is 4. The van der Waals surface area contributed by atoms with Gasteiger partial charge in [-0.3, -0.25) is 23.9 Å². The van der Waals surface area contributed by atoms with Crippen molar-refractivity contribution >= 4 is 33.6 Å². The summed E-state index contributed by atoms with van der Waals surface area (Å²) >= 11 is 0. The van der Waals surface area contributed by atoms with Crippen molar-refractivity contribution in [2.75, 3.05) is 19.8 Å². The highest BCUT2D eigenvalue weighted by Crippen LogP contribution is 2.58. The number of carbonyl (C=O) groups excluding carboxylic acids is 4. The molecule has 2 saturated heterocycles. The van der Waals surface area contributed by atoms with Gasteiger partial charge in [0.05, 0.1) is 53.5 Å². The number of Topliss-reactive ketones (excluding diaryl/α,β-unsaturated/α-hetero) is 1. The molecule has 0 radical (unpaired) electrons. The van der Waals surface area contributed by atoms with Crippen LogP contribution >= 0.6 is 0 Å². The van der Waals surface area contributed by atoms with E-state index in [9.17, 15) is 36.0 Å². The Morgan fingerprint density at radius 2 is 1.71 bits per heavy atom. The van der Waals surface area contributed by atoms with Crippen LogP contribution in [0.1, 0.15) is 105 Å². The summed E-state index contributed by atoms with van der Waals surface area (Å²) in [5.74, 6) is -4.16. The van der Waals surface area contributed by atoms with Gasteiger partial charge in [-0.25, -0.2) is 23.4 Å². The van der Waals surface area contributed by atoms with E-state index in [0.717, 1.165) is 0 Å². The van der Waals surface area contributed by atoms with E-state index in [-0.39, 0.29) is 44.4 Å². The third-order valence-corrected chi connectivity index (χ3v) is 16.8. The van der Waals surface area contributed by atoms with Crippen LogP contribution in [0.3, 0.4) is 0 Å². The number of benzene rings is 1. The molecule has 70 heavy (non-hydrogen) atoms. The van der Waals surface area contributed by atoms with Gasteiger partial charge in [0.25, 0.3) is 0 Å². The van der Waals surface area contributed by atoms with Crippen LogP contribution in [0.15, 0.2) is 67.0 Å². The fourth-order valence-corrected chi connectivity index (χ4v) is 11.4. The van der Waals surface area contributed by atoms with Crippen LogP contribution in [0.2, 0.25) is 0 Å². The minimum absolute atomic E-state index is 0.0143. The third kappa shape index (κ3) is 11.0. The number of amides is 2. The Kier molecular flexibility index (Phi) is 14.6. The molecule has 4 fully saturated rings. The first-order chi connectivity index (χ1) is 33.1. The fraction of sp³-hybridized carbons (Fsp3) is 0.588. The average molecular weight is 994 g/mol. The van der Waals surface area contributed by atoms with E-state index in [1.54, 1.807) is 44.4 Å². The number of fused-ring (bicyclic) bond motifs is 2. The predicted octanol–water partition coefficient (Wildman–Crippen LogP) is 7.98. The lowest BCUT2D eigenvalue weighted by molar-refractivity contribution is -0.295. The van der Waals surface area contributed by atoms with Gasteiger partial charge in [0.15, 0.2) is 11.6 Å². The summed E-state index contributed by atoms with van der Waals surface area (Å²) in [6.45, 7) is 8.20. The molecule has 2 amide bonds. The van der Waals surface area contributed by atoms with Crippen molar-refractivity contribution in [3.8, 4) is 34.3 Å². The molecule has 19 heteroatoms. The van der Waals surface area contributed by atoms with Crippen molar-refractivity contribution in [1.29, 1.82) is 0 Å². The zero-order valence-electron chi connectivity index (χ0n) is 40.2. The van der Waals surface area contributed by atoms with E-state index in [1.165, 1.54) is 4.90 Å². The lowest BCUT2D eigenvalue weighted by atomic mass is 9.82. The number of carbonyl (C=O) groups is 4. The van der Waals surface area contributed by atoms with Gasteiger partial charge in [-0.15, -0.1) is 0 Å². The Bertz CT molecular complexity index is 2570. The number of nitrogens with one attached hydrogen (secondary N) is 1. The summed E-state index contributed by atoms with van der Waals surface area (Å²) in [5.41, 5.74) is -2.73. The first-order valence-electron chi connectivity index (χ1n) is 24.3. The monoisotopic (exact) mass is 993 g/mol. The molecule has 2 aromatic heterocycles. The number of sulfonamides is 1. The molecule has 0 bridgehead atoms. The normalized spacial score (nSPS) is 29.7. The second-order valence-corrected chi connectivity index (χ2v) is 22.8. The smallest absolute Gasteiger partial charge is 0.430 e. The number of rotatable bonds is 12. The van der Waals surface area contributed by atoms with Crippen LogP contribution in [0.25, 0.3) is 22.8 Å². The van der Waals surface area contributed by atoms with E-state index < -0.39 is 111 Å². The Hall–Kier alpha value is -5.43. The Balaban J connectivity index is 1.14. The van der Waals surface area contributed by atoms with Crippen LogP contribution in [-0.2, 0) is 38.7 Å². The topological polar surface area (TPSA) is 193 Å². The number of hydrogen-bond acceptors (Lipinski definition) is 13. The van der Waals surface area contributed by atoms with Gasteiger partial charge < -0.3 is 23.8 Å². The predicted molar refractivity (Wildman–Crippen MR) is 250 cm³/mol. The number of ketones is 1. The van der Waals surface area contributed by atoms with Gasteiger partial charge in [-0.05, 0) is 114 Å². The number of allylic oxidation sites excluding steroid dienone is 2. The van der Waals surface area contributed by atoms with E-state index in [1.807, 2.05) is 57.2 Å². The molecule has 1 unspecified atom stereocenters. The number of aromatic nitrogens is 3. The quantitative estimate of drug-likeness (QED) is 0.136. The zero-order chi connectivity index (χ0) is 50.2. The lowest BCUT2D eigenvalue weighted by Crippen LogP contribution is -2.55. The van der Waals surface area contributed by atoms with Crippen LogP contribution < -0.4 is 14.2 Å². The van der Waals surface area contributed by atoms with Crippen molar-refractivity contribution in [3.63, 3.8) is 0 Å². The Morgan fingerprint density at radius 1 is 1.00 bits per heavy atom. The summed E-state index contributed by atoms with van der Waals surface area (Å²) in [5, 5.41) is 0. The zero-order valence-corrected chi connectivity index (χ0v) is 41.0. The van der Waals surface area contributed by atoms with Gasteiger partial charge >= 0.3 is 12.1 Å². The summed E-state index contributed by atoms with van der Waals surface area (Å²) < 4.78 is 94.8. The Morgan fingerprint density at radius 3 is 2.37 bits per heavy atom. The van der Waals surface area contributed by atoms with Gasteiger partial charge in [0, 0.05) is 56.0 Å². The van der Waals surface area contributed by atoms with Gasteiger partial charge in [-0.1, -0.05) is 26.0 Å². The first kappa shape index (κ1) is 50.9.